The summed E-state index contributed by atoms with van der Waals surface area (Å²) in [5, 5.41) is 2.45. The van der Waals surface area contributed by atoms with Gasteiger partial charge in [-0.15, -0.1) is 11.6 Å². The second kappa shape index (κ2) is 5.45. The van der Waals surface area contributed by atoms with E-state index in [-0.39, 0.29) is 11.3 Å². The predicted molar refractivity (Wildman–Crippen MR) is 58.2 cm³/mol. The minimum atomic E-state index is -0.202. The van der Waals surface area contributed by atoms with Crippen molar-refractivity contribution in [3.8, 4) is 0 Å². The number of nitrogens with one attached hydrogen (secondary N) is 1. The molecule has 1 amide bonds. The van der Waals surface area contributed by atoms with Gasteiger partial charge in [-0.1, -0.05) is 36.9 Å². The number of halogens is 1. The third-order valence-corrected chi connectivity index (χ3v) is 2.21. The molecule has 0 saturated carbocycles. The maximum atomic E-state index is 10.9. The van der Waals surface area contributed by atoms with Gasteiger partial charge in [0.15, 0.2) is 0 Å². The Morgan fingerprint density at radius 1 is 1.50 bits per heavy atom. The van der Waals surface area contributed by atoms with Crippen molar-refractivity contribution < 1.29 is 4.79 Å². The predicted octanol–water partition coefficient (Wildman–Crippen LogP) is 2.27. The largest absolute Gasteiger partial charge is 0.351 e. The van der Waals surface area contributed by atoms with Crippen molar-refractivity contribution in [2.45, 2.75) is 5.38 Å². The van der Waals surface area contributed by atoms with Crippen LogP contribution in [-0.2, 0) is 4.79 Å². The lowest BCUT2D eigenvalue weighted by Crippen LogP contribution is -2.24. The Morgan fingerprint density at radius 2 is 2.14 bits per heavy atom. The number of rotatable bonds is 4. The molecule has 0 fully saturated rings. The average molecular weight is 210 g/mol. The van der Waals surface area contributed by atoms with Crippen LogP contribution in [-0.4, -0.2) is 12.5 Å². The number of carbonyl (C=O) groups excluding carboxylic acids is 1. The van der Waals surface area contributed by atoms with Gasteiger partial charge in [0.05, 0.1) is 5.38 Å². The molecule has 1 atom stereocenters. The number of hydrogen-bond donors (Lipinski definition) is 1. The van der Waals surface area contributed by atoms with Gasteiger partial charge in [0.25, 0.3) is 0 Å². The smallest absolute Gasteiger partial charge is 0.243 e. The number of benzene rings is 1. The van der Waals surface area contributed by atoms with E-state index in [1.807, 2.05) is 30.3 Å². The Balaban J connectivity index is 2.47. The molecule has 0 spiro atoms. The summed E-state index contributed by atoms with van der Waals surface area (Å²) in [5.74, 6) is -0.202. The lowest BCUT2D eigenvalue weighted by atomic mass is 10.1. The Hall–Kier alpha value is -1.28. The van der Waals surface area contributed by atoms with Gasteiger partial charge in [-0.05, 0) is 11.6 Å². The van der Waals surface area contributed by atoms with Crippen LogP contribution < -0.4 is 5.32 Å². The molecule has 0 heterocycles. The van der Waals surface area contributed by atoms with Crippen LogP contribution in [0.2, 0.25) is 0 Å². The van der Waals surface area contributed by atoms with E-state index in [1.54, 1.807) is 0 Å². The van der Waals surface area contributed by atoms with Crippen molar-refractivity contribution in [3.63, 3.8) is 0 Å². The van der Waals surface area contributed by atoms with Gasteiger partial charge in [0.2, 0.25) is 5.91 Å². The molecule has 0 radical (unpaired) electrons. The van der Waals surface area contributed by atoms with Crippen molar-refractivity contribution in [1.82, 2.24) is 5.32 Å². The highest BCUT2D eigenvalue weighted by Crippen LogP contribution is 2.18. The van der Waals surface area contributed by atoms with Crippen LogP contribution in [0.4, 0.5) is 0 Å². The van der Waals surface area contributed by atoms with E-state index in [0.717, 1.165) is 5.56 Å². The van der Waals surface area contributed by atoms with E-state index in [1.165, 1.54) is 6.08 Å². The van der Waals surface area contributed by atoms with E-state index in [0.29, 0.717) is 6.54 Å². The van der Waals surface area contributed by atoms with Crippen LogP contribution in [0.15, 0.2) is 43.0 Å². The van der Waals surface area contributed by atoms with E-state index in [2.05, 4.69) is 11.9 Å². The first-order chi connectivity index (χ1) is 6.74. The Kier molecular flexibility index (Phi) is 4.20. The lowest BCUT2D eigenvalue weighted by molar-refractivity contribution is -0.116. The summed E-state index contributed by atoms with van der Waals surface area (Å²) in [7, 11) is 0. The Labute approximate surface area is 88.6 Å². The molecule has 14 heavy (non-hydrogen) atoms. The van der Waals surface area contributed by atoms with Crippen molar-refractivity contribution in [3.05, 3.63) is 48.6 Å². The summed E-state index contributed by atoms with van der Waals surface area (Å²) < 4.78 is 0. The monoisotopic (exact) mass is 209 g/mol. The normalized spacial score (nSPS) is 11.8. The molecule has 3 heteroatoms. The Bertz CT molecular complexity index is 310. The van der Waals surface area contributed by atoms with E-state index in [9.17, 15) is 4.79 Å². The highest BCUT2D eigenvalue weighted by atomic mass is 35.5. The number of hydrogen-bond acceptors (Lipinski definition) is 1. The SMILES string of the molecule is C=CC(=O)NCC(Cl)c1ccccc1. The maximum absolute atomic E-state index is 10.9. The first kappa shape index (κ1) is 10.8. The van der Waals surface area contributed by atoms with Gasteiger partial charge >= 0.3 is 0 Å². The summed E-state index contributed by atoms with van der Waals surface area (Å²) in [6, 6.07) is 9.62. The zero-order valence-electron chi connectivity index (χ0n) is 7.74. The van der Waals surface area contributed by atoms with Crippen LogP contribution in [0, 0.1) is 0 Å². The molecule has 2 nitrogen and oxygen atoms in total. The highest BCUT2D eigenvalue weighted by molar-refractivity contribution is 6.21. The van der Waals surface area contributed by atoms with Gasteiger partial charge in [0.1, 0.15) is 0 Å². The van der Waals surface area contributed by atoms with E-state index < -0.39 is 0 Å². The molecule has 0 aromatic heterocycles. The van der Waals surface area contributed by atoms with E-state index in [4.69, 9.17) is 11.6 Å². The van der Waals surface area contributed by atoms with Gasteiger partial charge in [-0.2, -0.15) is 0 Å². The van der Waals surface area contributed by atoms with Crippen molar-refractivity contribution in [2.75, 3.05) is 6.54 Å². The minimum absolute atomic E-state index is 0.194. The fourth-order valence-corrected chi connectivity index (χ4v) is 1.26. The third-order valence-electron chi connectivity index (χ3n) is 1.80. The molecule has 1 rings (SSSR count). The first-order valence-corrected chi connectivity index (χ1v) is 4.77. The minimum Gasteiger partial charge on any atom is -0.351 e. The molecular formula is C11H12ClNO. The number of alkyl halides is 1. The van der Waals surface area contributed by atoms with Crippen molar-refractivity contribution in [1.29, 1.82) is 0 Å². The molecular weight excluding hydrogens is 198 g/mol. The molecule has 1 aromatic rings. The molecule has 1 unspecified atom stereocenters. The molecule has 1 N–H and O–H groups in total. The molecule has 74 valence electrons. The summed E-state index contributed by atoms with van der Waals surface area (Å²) >= 11 is 6.06. The molecule has 0 aliphatic carbocycles. The van der Waals surface area contributed by atoms with Gasteiger partial charge in [-0.3, -0.25) is 4.79 Å². The summed E-state index contributed by atoms with van der Waals surface area (Å²) in [6.07, 6.45) is 1.23. The first-order valence-electron chi connectivity index (χ1n) is 4.33. The molecule has 0 aliphatic heterocycles. The van der Waals surface area contributed by atoms with Crippen molar-refractivity contribution >= 4 is 17.5 Å². The highest BCUT2D eigenvalue weighted by Gasteiger charge is 2.07. The van der Waals surface area contributed by atoms with Crippen LogP contribution in [0.25, 0.3) is 0 Å². The average Bonchev–Trinajstić information content (AvgIpc) is 2.26. The molecule has 1 aromatic carbocycles. The Morgan fingerprint density at radius 3 is 2.71 bits per heavy atom. The quantitative estimate of drug-likeness (QED) is 0.598. The molecule has 0 saturated heterocycles. The van der Waals surface area contributed by atoms with Crippen LogP contribution in [0.3, 0.4) is 0 Å². The second-order valence-corrected chi connectivity index (χ2v) is 3.35. The third kappa shape index (κ3) is 3.23. The fraction of sp³-hybridized carbons (Fsp3) is 0.182. The topological polar surface area (TPSA) is 29.1 Å². The van der Waals surface area contributed by atoms with Gasteiger partial charge < -0.3 is 5.32 Å². The maximum Gasteiger partial charge on any atom is 0.243 e. The zero-order valence-corrected chi connectivity index (χ0v) is 8.50. The molecule has 0 bridgehead atoms. The van der Waals surface area contributed by atoms with Gasteiger partial charge in [-0.25, -0.2) is 0 Å². The van der Waals surface area contributed by atoms with Crippen LogP contribution in [0.1, 0.15) is 10.9 Å². The molecule has 0 aliphatic rings. The number of amides is 1. The second-order valence-electron chi connectivity index (χ2n) is 2.83. The fourth-order valence-electron chi connectivity index (χ4n) is 1.04. The van der Waals surface area contributed by atoms with E-state index >= 15 is 0 Å². The van der Waals surface area contributed by atoms with Crippen LogP contribution >= 0.6 is 11.6 Å². The summed E-state index contributed by atoms with van der Waals surface area (Å²) in [5.41, 5.74) is 0.999. The van der Waals surface area contributed by atoms with Crippen molar-refractivity contribution in [2.24, 2.45) is 0 Å². The summed E-state index contributed by atoms with van der Waals surface area (Å²) in [4.78, 5) is 10.9. The van der Waals surface area contributed by atoms with Gasteiger partial charge in [0, 0.05) is 6.54 Å². The van der Waals surface area contributed by atoms with Crippen LogP contribution in [0.5, 0.6) is 0 Å². The summed E-state index contributed by atoms with van der Waals surface area (Å²) in [6.45, 7) is 3.77. The standard InChI is InChI=1S/C11H12ClNO/c1-2-11(14)13-8-10(12)9-6-4-3-5-7-9/h2-7,10H,1,8H2,(H,13,14). The zero-order chi connectivity index (χ0) is 10.4. The lowest BCUT2D eigenvalue weighted by Gasteiger charge is -2.09. The number of carbonyl (C=O) groups is 1.